The van der Waals surface area contributed by atoms with E-state index in [2.05, 4.69) is 10.6 Å². The van der Waals surface area contributed by atoms with Crippen LogP contribution in [0.3, 0.4) is 0 Å². The van der Waals surface area contributed by atoms with Crippen molar-refractivity contribution in [2.45, 2.75) is 32.3 Å². The van der Waals surface area contributed by atoms with Crippen molar-refractivity contribution in [3.8, 4) is 5.75 Å². The molecule has 1 aliphatic carbocycles. The predicted octanol–water partition coefficient (Wildman–Crippen LogP) is 3.04. The zero-order valence-electron chi connectivity index (χ0n) is 13.3. The summed E-state index contributed by atoms with van der Waals surface area (Å²) in [6.07, 6.45) is 3.22. The summed E-state index contributed by atoms with van der Waals surface area (Å²) in [4.78, 5) is 12.3. The molecule has 1 heterocycles. The second-order valence-electron chi connectivity index (χ2n) is 6.50. The lowest BCUT2D eigenvalue weighted by molar-refractivity contribution is -0.123. The monoisotopic (exact) mass is 358 g/mol. The summed E-state index contributed by atoms with van der Waals surface area (Å²) < 4.78 is 5.77. The van der Waals surface area contributed by atoms with Crippen LogP contribution in [-0.4, -0.2) is 31.6 Å². The van der Waals surface area contributed by atoms with Crippen molar-refractivity contribution in [3.63, 3.8) is 0 Å². The van der Waals surface area contributed by atoms with E-state index in [1.165, 1.54) is 0 Å². The van der Waals surface area contributed by atoms with Crippen LogP contribution in [0.25, 0.3) is 0 Å². The number of amides is 1. The highest BCUT2D eigenvalue weighted by atomic mass is 35.5. The molecule has 1 aromatic carbocycles. The lowest BCUT2D eigenvalue weighted by Gasteiger charge is -2.23. The molecule has 2 aliphatic rings. The van der Waals surface area contributed by atoms with Crippen LogP contribution in [-0.2, 0) is 4.79 Å². The minimum atomic E-state index is -0.0786. The van der Waals surface area contributed by atoms with Crippen LogP contribution in [0.15, 0.2) is 24.3 Å². The quantitative estimate of drug-likeness (QED) is 0.850. The summed E-state index contributed by atoms with van der Waals surface area (Å²) in [5.41, 5.74) is 0.284. The molecule has 0 radical (unpaired) electrons. The van der Waals surface area contributed by atoms with Gasteiger partial charge in [0.25, 0.3) is 0 Å². The molecule has 1 saturated heterocycles. The maximum Gasteiger partial charge on any atom is 0.223 e. The lowest BCUT2D eigenvalue weighted by atomic mass is 9.92. The van der Waals surface area contributed by atoms with E-state index in [1.54, 1.807) is 6.07 Å². The average Bonchev–Trinajstić information content (AvgIpc) is 3.19. The van der Waals surface area contributed by atoms with Crippen molar-refractivity contribution in [2.24, 2.45) is 11.3 Å². The van der Waals surface area contributed by atoms with E-state index in [4.69, 9.17) is 16.3 Å². The molecule has 1 spiro atoms. The fourth-order valence-corrected chi connectivity index (χ4v) is 3.56. The summed E-state index contributed by atoms with van der Waals surface area (Å²) in [5, 5.41) is 7.05. The van der Waals surface area contributed by atoms with E-state index >= 15 is 0 Å². The van der Waals surface area contributed by atoms with Crippen LogP contribution in [0.2, 0.25) is 5.02 Å². The maximum absolute atomic E-state index is 12.3. The van der Waals surface area contributed by atoms with E-state index in [0.29, 0.717) is 11.6 Å². The number of rotatable bonds is 5. The highest BCUT2D eigenvalue weighted by Crippen LogP contribution is 2.58. The average molecular weight is 359 g/mol. The normalized spacial score (nSPS) is 22.8. The topological polar surface area (TPSA) is 50.4 Å². The molecule has 1 amide bonds. The van der Waals surface area contributed by atoms with Crippen LogP contribution in [0.5, 0.6) is 5.75 Å². The summed E-state index contributed by atoms with van der Waals surface area (Å²) in [6, 6.07) is 7.32. The minimum Gasteiger partial charge on any atom is -0.489 e. The number of carbonyl (C=O) groups excluding carboxylic acids is 1. The molecule has 2 atom stereocenters. The third-order valence-electron chi connectivity index (χ3n) is 4.80. The van der Waals surface area contributed by atoms with Gasteiger partial charge in [0.15, 0.2) is 0 Å². The molecule has 2 unspecified atom stereocenters. The highest BCUT2D eigenvalue weighted by molar-refractivity contribution is 6.30. The second kappa shape index (κ2) is 7.73. The molecule has 0 aromatic heterocycles. The molecule has 23 heavy (non-hydrogen) atoms. The molecule has 1 aromatic rings. The van der Waals surface area contributed by atoms with Gasteiger partial charge < -0.3 is 15.4 Å². The first-order chi connectivity index (χ1) is 10.6. The van der Waals surface area contributed by atoms with Crippen molar-refractivity contribution < 1.29 is 9.53 Å². The first kappa shape index (κ1) is 18.4. The van der Waals surface area contributed by atoms with Gasteiger partial charge in [0, 0.05) is 10.9 Å². The van der Waals surface area contributed by atoms with Gasteiger partial charge in [-0.3, -0.25) is 4.79 Å². The molecular formula is C17H24Cl2N2O2. The minimum absolute atomic E-state index is 0. The number of halogens is 2. The van der Waals surface area contributed by atoms with Crippen LogP contribution in [0.1, 0.15) is 26.2 Å². The van der Waals surface area contributed by atoms with Gasteiger partial charge in [0.2, 0.25) is 5.91 Å². The number of hydrogen-bond donors (Lipinski definition) is 2. The molecule has 0 bridgehead atoms. The first-order valence-electron chi connectivity index (χ1n) is 8.00. The lowest BCUT2D eigenvalue weighted by Crippen LogP contribution is -2.37. The summed E-state index contributed by atoms with van der Waals surface area (Å²) >= 11 is 5.93. The van der Waals surface area contributed by atoms with E-state index < -0.39 is 0 Å². The SMILES string of the molecule is CC(CNC(=O)C1CC12CCNCC2)Oc1cccc(Cl)c1.Cl. The Morgan fingerprint density at radius 2 is 2.22 bits per heavy atom. The highest BCUT2D eigenvalue weighted by Gasteiger charge is 2.57. The predicted molar refractivity (Wildman–Crippen MR) is 94.4 cm³/mol. The van der Waals surface area contributed by atoms with Crippen molar-refractivity contribution >= 4 is 29.9 Å². The Bertz CT molecular complexity index is 547. The Morgan fingerprint density at radius 3 is 2.91 bits per heavy atom. The third kappa shape index (κ3) is 4.52. The Labute approximate surface area is 148 Å². The van der Waals surface area contributed by atoms with E-state index in [1.807, 2.05) is 25.1 Å². The van der Waals surface area contributed by atoms with Gasteiger partial charge in [-0.2, -0.15) is 0 Å². The largest absolute Gasteiger partial charge is 0.489 e. The zero-order valence-corrected chi connectivity index (χ0v) is 14.9. The van der Waals surface area contributed by atoms with Crippen molar-refractivity contribution in [2.75, 3.05) is 19.6 Å². The number of carbonyl (C=O) groups is 1. The Balaban J connectivity index is 0.00000192. The molecular weight excluding hydrogens is 335 g/mol. The van der Waals surface area contributed by atoms with E-state index in [9.17, 15) is 4.79 Å². The van der Waals surface area contributed by atoms with Crippen LogP contribution < -0.4 is 15.4 Å². The molecule has 4 nitrogen and oxygen atoms in total. The fourth-order valence-electron chi connectivity index (χ4n) is 3.38. The molecule has 2 N–H and O–H groups in total. The van der Waals surface area contributed by atoms with Gasteiger partial charge in [-0.1, -0.05) is 17.7 Å². The van der Waals surface area contributed by atoms with Crippen LogP contribution in [0, 0.1) is 11.3 Å². The third-order valence-corrected chi connectivity index (χ3v) is 5.04. The summed E-state index contributed by atoms with van der Waals surface area (Å²) in [6.45, 7) is 4.56. The molecule has 3 rings (SSSR count). The standard InChI is InChI=1S/C17H23ClN2O2.ClH/c1-12(22-14-4-2-3-13(18)9-14)11-20-16(21)15-10-17(15)5-7-19-8-6-17;/h2-4,9,12,15,19H,5-8,10-11H2,1H3,(H,20,21);1H. The number of piperidine rings is 1. The first-order valence-corrected chi connectivity index (χ1v) is 8.37. The molecule has 1 aliphatic heterocycles. The number of hydrogen-bond acceptors (Lipinski definition) is 3. The van der Waals surface area contributed by atoms with Gasteiger partial charge >= 0.3 is 0 Å². The molecule has 2 fully saturated rings. The van der Waals surface area contributed by atoms with E-state index in [0.717, 1.165) is 38.1 Å². The zero-order chi connectivity index (χ0) is 15.6. The Hall–Kier alpha value is -0.970. The van der Waals surface area contributed by atoms with Gasteiger partial charge in [-0.25, -0.2) is 0 Å². The molecule has 1 saturated carbocycles. The Kier molecular flexibility index (Phi) is 6.18. The van der Waals surface area contributed by atoms with Crippen LogP contribution >= 0.6 is 24.0 Å². The summed E-state index contributed by atoms with van der Waals surface area (Å²) in [7, 11) is 0. The van der Waals surface area contributed by atoms with Gasteiger partial charge in [-0.15, -0.1) is 12.4 Å². The van der Waals surface area contributed by atoms with Crippen molar-refractivity contribution in [1.29, 1.82) is 0 Å². The summed E-state index contributed by atoms with van der Waals surface area (Å²) in [5.74, 6) is 1.12. The van der Waals surface area contributed by atoms with Crippen molar-refractivity contribution in [1.82, 2.24) is 10.6 Å². The van der Waals surface area contributed by atoms with E-state index in [-0.39, 0.29) is 35.8 Å². The second-order valence-corrected chi connectivity index (χ2v) is 6.94. The number of ether oxygens (including phenoxy) is 1. The van der Waals surface area contributed by atoms with Gasteiger partial charge in [0.1, 0.15) is 11.9 Å². The van der Waals surface area contributed by atoms with Gasteiger partial charge in [0.05, 0.1) is 6.54 Å². The van der Waals surface area contributed by atoms with Crippen LogP contribution in [0.4, 0.5) is 0 Å². The smallest absolute Gasteiger partial charge is 0.223 e. The van der Waals surface area contributed by atoms with Gasteiger partial charge in [-0.05, 0) is 62.9 Å². The molecule has 128 valence electrons. The fraction of sp³-hybridized carbons (Fsp3) is 0.588. The number of nitrogens with one attached hydrogen (secondary N) is 2. The maximum atomic E-state index is 12.3. The number of benzene rings is 1. The molecule has 6 heteroatoms. The Morgan fingerprint density at radius 1 is 1.48 bits per heavy atom. The van der Waals surface area contributed by atoms with Crippen molar-refractivity contribution in [3.05, 3.63) is 29.3 Å².